The minimum Gasteiger partial charge on any atom is -0.314 e. The van der Waals surface area contributed by atoms with Crippen LogP contribution < -0.4 is 4.90 Å². The van der Waals surface area contributed by atoms with Crippen molar-refractivity contribution in [3.05, 3.63) is 260 Å². The zero-order valence-corrected chi connectivity index (χ0v) is 35.4. The highest BCUT2D eigenvalue weighted by molar-refractivity contribution is 6.19. The van der Waals surface area contributed by atoms with Crippen LogP contribution in [0, 0.1) is 0 Å². The molecule has 10 aromatic carbocycles. The molecule has 1 aliphatic rings. The number of para-hydroxylation sites is 1. The van der Waals surface area contributed by atoms with Crippen LogP contribution in [-0.2, 0) is 0 Å². The van der Waals surface area contributed by atoms with E-state index in [1.54, 1.807) is 0 Å². The summed E-state index contributed by atoms with van der Waals surface area (Å²) in [6.45, 7) is 0. The first-order chi connectivity index (χ1) is 31.8. The fraction of sp³-hybridized carbons (Fsp3) is 0.0323. The summed E-state index contributed by atoms with van der Waals surface area (Å²) in [5.74, 6) is 0.152. The van der Waals surface area contributed by atoms with E-state index in [2.05, 4.69) is 258 Å². The van der Waals surface area contributed by atoms with Crippen molar-refractivity contribution in [2.24, 2.45) is 0 Å². The summed E-state index contributed by atoms with van der Waals surface area (Å²) in [5.41, 5.74) is 15.8. The maximum Gasteiger partial charge on any atom is 0.0619 e. The molecule has 1 atom stereocenters. The highest BCUT2D eigenvalue weighted by atomic mass is 15.1. The van der Waals surface area contributed by atoms with Gasteiger partial charge in [0.1, 0.15) is 0 Å². The van der Waals surface area contributed by atoms with Gasteiger partial charge >= 0.3 is 0 Å². The van der Waals surface area contributed by atoms with E-state index in [0.717, 1.165) is 17.8 Å². The number of rotatable bonds is 8. The third-order valence-electron chi connectivity index (χ3n) is 13.1. The van der Waals surface area contributed by atoms with Crippen LogP contribution in [-0.4, -0.2) is 4.57 Å². The quantitative estimate of drug-likeness (QED) is 0.148. The lowest BCUT2D eigenvalue weighted by atomic mass is 9.87. The van der Waals surface area contributed by atoms with Crippen LogP contribution in [0.15, 0.2) is 254 Å². The first-order valence-electron chi connectivity index (χ1n) is 22.3. The van der Waals surface area contributed by atoms with E-state index in [4.69, 9.17) is 0 Å². The Bertz CT molecular complexity index is 3550. The van der Waals surface area contributed by atoms with E-state index in [-0.39, 0.29) is 5.92 Å². The summed E-state index contributed by atoms with van der Waals surface area (Å²) in [6.07, 6.45) is 7.83. The number of aromatic nitrogens is 1. The van der Waals surface area contributed by atoms with E-state index in [1.807, 2.05) is 0 Å². The highest BCUT2D eigenvalue weighted by Gasteiger charge is 2.25. The maximum absolute atomic E-state index is 2.47. The molecule has 11 aromatic rings. The van der Waals surface area contributed by atoms with Gasteiger partial charge in [-0.15, -0.1) is 0 Å². The predicted molar refractivity (Wildman–Crippen MR) is 272 cm³/mol. The lowest BCUT2D eigenvalue weighted by molar-refractivity contribution is 0.800. The molecular formula is C62H44N2. The molecule has 0 amide bonds. The van der Waals surface area contributed by atoms with Gasteiger partial charge in [0.25, 0.3) is 0 Å². The molecular weight excluding hydrogens is 773 g/mol. The largest absolute Gasteiger partial charge is 0.314 e. The van der Waals surface area contributed by atoms with Crippen molar-refractivity contribution in [2.75, 3.05) is 4.90 Å². The van der Waals surface area contributed by atoms with Crippen LogP contribution in [0.1, 0.15) is 17.9 Å². The van der Waals surface area contributed by atoms with E-state index >= 15 is 0 Å². The van der Waals surface area contributed by atoms with Gasteiger partial charge in [-0.25, -0.2) is 0 Å². The Kier molecular flexibility index (Phi) is 9.34. The second-order valence-corrected chi connectivity index (χ2v) is 16.8. The van der Waals surface area contributed by atoms with Crippen LogP contribution in [0.4, 0.5) is 11.4 Å². The molecule has 1 heterocycles. The standard InChI is InChI=1S/C62H44N2/c1-3-16-43(17-4-1)53-26-11-12-27-55(53)46-32-37-50(38-33-46)63(51-39-34-47(35-40-51)56-29-14-20-44-18-7-9-25-54(44)56)52-24-13-21-48(42-52)57-30-15-31-60-61(57)59-41-36-45-19-8-10-28-58(45)62(59)64(60)49-22-5-2-6-23-49/h1-41,48H,42H2. The summed E-state index contributed by atoms with van der Waals surface area (Å²) >= 11 is 0. The molecule has 12 rings (SSSR count). The minimum atomic E-state index is 0.152. The number of hydrogen-bond acceptors (Lipinski definition) is 1. The van der Waals surface area contributed by atoms with E-state index in [9.17, 15) is 0 Å². The Morgan fingerprint density at radius 2 is 0.953 bits per heavy atom. The van der Waals surface area contributed by atoms with Crippen LogP contribution in [0.25, 0.3) is 82.4 Å². The van der Waals surface area contributed by atoms with Crippen molar-refractivity contribution in [3.63, 3.8) is 0 Å². The molecule has 2 heteroatoms. The van der Waals surface area contributed by atoms with Crippen LogP contribution in [0.2, 0.25) is 0 Å². The smallest absolute Gasteiger partial charge is 0.0619 e. The van der Waals surface area contributed by atoms with E-state index in [0.29, 0.717) is 0 Å². The molecule has 0 radical (unpaired) electrons. The summed E-state index contributed by atoms with van der Waals surface area (Å²) < 4.78 is 2.47. The maximum atomic E-state index is 2.47. The Balaban J connectivity index is 0.973. The molecule has 0 spiro atoms. The molecule has 0 saturated carbocycles. The van der Waals surface area contributed by atoms with Gasteiger partial charge in [-0.05, 0) is 110 Å². The number of fused-ring (bicyclic) bond motifs is 6. The lowest BCUT2D eigenvalue weighted by Gasteiger charge is -2.32. The van der Waals surface area contributed by atoms with Gasteiger partial charge in [0, 0.05) is 44.8 Å². The molecule has 302 valence electrons. The van der Waals surface area contributed by atoms with Gasteiger partial charge in [-0.3, -0.25) is 0 Å². The van der Waals surface area contributed by atoms with Crippen LogP contribution in [0.5, 0.6) is 0 Å². The second-order valence-electron chi connectivity index (χ2n) is 16.8. The third kappa shape index (κ3) is 6.51. The van der Waals surface area contributed by atoms with Gasteiger partial charge in [-0.1, -0.05) is 200 Å². The first-order valence-corrected chi connectivity index (χ1v) is 22.3. The number of anilines is 2. The topological polar surface area (TPSA) is 8.17 Å². The number of nitrogens with zero attached hydrogens (tertiary/aromatic N) is 2. The third-order valence-corrected chi connectivity index (χ3v) is 13.1. The van der Waals surface area contributed by atoms with Crippen molar-refractivity contribution >= 4 is 54.7 Å². The number of allylic oxidation sites excluding steroid dienone is 4. The summed E-state index contributed by atoms with van der Waals surface area (Å²) in [6, 6.07) is 84.1. The summed E-state index contributed by atoms with van der Waals surface area (Å²) in [4.78, 5) is 2.47. The van der Waals surface area contributed by atoms with Crippen molar-refractivity contribution < 1.29 is 0 Å². The van der Waals surface area contributed by atoms with Crippen molar-refractivity contribution in [2.45, 2.75) is 12.3 Å². The van der Waals surface area contributed by atoms with Crippen molar-refractivity contribution in [3.8, 4) is 39.1 Å². The Labute approximate surface area is 373 Å². The summed E-state index contributed by atoms with van der Waals surface area (Å²) in [5, 5.41) is 7.62. The van der Waals surface area contributed by atoms with Crippen LogP contribution >= 0.6 is 0 Å². The van der Waals surface area contributed by atoms with Crippen LogP contribution in [0.3, 0.4) is 0 Å². The molecule has 0 saturated heterocycles. The molecule has 0 fully saturated rings. The normalized spacial score (nSPS) is 13.8. The highest BCUT2D eigenvalue weighted by Crippen LogP contribution is 2.45. The zero-order valence-electron chi connectivity index (χ0n) is 35.4. The number of benzene rings is 10. The van der Waals surface area contributed by atoms with Gasteiger partial charge in [0.2, 0.25) is 0 Å². The fourth-order valence-electron chi connectivity index (χ4n) is 10.2. The molecule has 0 aliphatic heterocycles. The van der Waals surface area contributed by atoms with Crippen molar-refractivity contribution in [1.82, 2.24) is 4.57 Å². The molecule has 0 N–H and O–H groups in total. The SMILES string of the molecule is C1=CC(c2cccc3c2c2ccc4ccccc4c2n3-c2ccccc2)CC(N(c2ccc(-c3ccccc3-c3ccccc3)cc2)c2ccc(-c3cccc4ccccc34)cc2)=C1. The Morgan fingerprint density at radius 3 is 1.67 bits per heavy atom. The first kappa shape index (κ1) is 37.6. The van der Waals surface area contributed by atoms with Gasteiger partial charge in [-0.2, -0.15) is 0 Å². The van der Waals surface area contributed by atoms with E-state index < -0.39 is 0 Å². The van der Waals surface area contributed by atoms with Gasteiger partial charge in [0.15, 0.2) is 0 Å². The monoisotopic (exact) mass is 816 g/mol. The molecule has 1 aliphatic carbocycles. The lowest BCUT2D eigenvalue weighted by Crippen LogP contribution is -2.19. The Hall–Kier alpha value is -8.20. The zero-order chi connectivity index (χ0) is 42.4. The minimum absolute atomic E-state index is 0.152. The van der Waals surface area contributed by atoms with E-state index in [1.165, 1.54) is 93.7 Å². The molecule has 1 aromatic heterocycles. The predicted octanol–water partition coefficient (Wildman–Crippen LogP) is 16.9. The van der Waals surface area contributed by atoms with Crippen molar-refractivity contribution in [1.29, 1.82) is 0 Å². The van der Waals surface area contributed by atoms with Gasteiger partial charge < -0.3 is 9.47 Å². The fourth-order valence-corrected chi connectivity index (χ4v) is 10.2. The second kappa shape index (κ2) is 15.9. The molecule has 2 nitrogen and oxygen atoms in total. The average Bonchev–Trinajstić information content (AvgIpc) is 3.73. The van der Waals surface area contributed by atoms with Gasteiger partial charge in [0.05, 0.1) is 11.0 Å². The molecule has 64 heavy (non-hydrogen) atoms. The molecule has 1 unspecified atom stereocenters. The Morgan fingerprint density at radius 1 is 0.406 bits per heavy atom. The number of hydrogen-bond donors (Lipinski definition) is 0. The summed E-state index contributed by atoms with van der Waals surface area (Å²) in [7, 11) is 0. The average molecular weight is 817 g/mol. The molecule has 0 bridgehead atoms.